The van der Waals surface area contributed by atoms with Crippen molar-refractivity contribution in [1.82, 2.24) is 9.78 Å². The van der Waals surface area contributed by atoms with E-state index in [2.05, 4.69) is 22.1 Å². The fraction of sp³-hybridized carbons (Fsp3) is 0.250. The molecule has 1 heterocycles. The predicted molar refractivity (Wildman–Crippen MR) is 62.1 cm³/mol. The molecule has 0 radical (unpaired) electrons. The molecule has 0 aliphatic heterocycles. The topological polar surface area (TPSA) is 21.1 Å². The fourth-order valence-corrected chi connectivity index (χ4v) is 1.58. The first-order valence-electron chi connectivity index (χ1n) is 5.00. The lowest BCUT2D eigenvalue weighted by atomic mass is 10.2. The van der Waals surface area contributed by atoms with Crippen molar-refractivity contribution < 1.29 is 0 Å². The van der Waals surface area contributed by atoms with E-state index in [1.165, 1.54) is 5.56 Å². The summed E-state index contributed by atoms with van der Waals surface area (Å²) in [6, 6.07) is 12.4. The minimum Gasteiger partial charge on any atom is -0.363 e. The van der Waals surface area contributed by atoms with Crippen molar-refractivity contribution in [3.8, 4) is 0 Å². The van der Waals surface area contributed by atoms with Gasteiger partial charge in [-0.1, -0.05) is 30.3 Å². The van der Waals surface area contributed by atoms with E-state index in [1.807, 2.05) is 49.2 Å². The zero-order valence-corrected chi connectivity index (χ0v) is 9.09. The molecule has 2 rings (SSSR count). The van der Waals surface area contributed by atoms with Gasteiger partial charge in [-0.05, 0) is 5.56 Å². The van der Waals surface area contributed by atoms with Crippen LogP contribution in [-0.2, 0) is 6.54 Å². The van der Waals surface area contributed by atoms with Crippen molar-refractivity contribution in [3.63, 3.8) is 0 Å². The Hall–Kier alpha value is -1.77. The molecule has 0 spiro atoms. The summed E-state index contributed by atoms with van der Waals surface area (Å²) in [5, 5.41) is 4.31. The van der Waals surface area contributed by atoms with Crippen molar-refractivity contribution in [2.24, 2.45) is 0 Å². The number of benzene rings is 1. The van der Waals surface area contributed by atoms with Crippen LogP contribution in [0.25, 0.3) is 0 Å². The Balaban J connectivity index is 2.21. The van der Waals surface area contributed by atoms with Crippen LogP contribution in [0, 0.1) is 0 Å². The van der Waals surface area contributed by atoms with E-state index >= 15 is 0 Å². The van der Waals surface area contributed by atoms with Crippen molar-refractivity contribution in [2.45, 2.75) is 6.54 Å². The van der Waals surface area contributed by atoms with Crippen LogP contribution in [0.2, 0.25) is 0 Å². The van der Waals surface area contributed by atoms with E-state index in [0.717, 1.165) is 12.4 Å². The summed E-state index contributed by atoms with van der Waals surface area (Å²) in [6.45, 7) is 0.821. The summed E-state index contributed by atoms with van der Waals surface area (Å²) in [5.41, 5.74) is 1.27. The number of hydrogen-bond donors (Lipinski definition) is 0. The van der Waals surface area contributed by atoms with E-state index in [-0.39, 0.29) is 0 Å². The lowest BCUT2D eigenvalue weighted by Crippen LogP contribution is -2.15. The minimum absolute atomic E-state index is 0.821. The zero-order valence-electron chi connectivity index (χ0n) is 9.09. The van der Waals surface area contributed by atoms with Gasteiger partial charge in [0.2, 0.25) is 0 Å². The van der Waals surface area contributed by atoms with Crippen LogP contribution >= 0.6 is 0 Å². The Bertz CT molecular complexity index is 417. The zero-order chi connectivity index (χ0) is 10.7. The number of rotatable bonds is 3. The summed E-state index contributed by atoms with van der Waals surface area (Å²) in [4.78, 5) is 2.07. The smallest absolute Gasteiger partial charge is 0.126 e. The molecule has 0 N–H and O–H groups in total. The fourth-order valence-electron chi connectivity index (χ4n) is 1.58. The second-order valence-corrected chi connectivity index (χ2v) is 3.73. The van der Waals surface area contributed by atoms with Gasteiger partial charge >= 0.3 is 0 Å². The van der Waals surface area contributed by atoms with E-state index in [1.54, 1.807) is 0 Å². The van der Waals surface area contributed by atoms with Crippen LogP contribution in [0.5, 0.6) is 0 Å². The van der Waals surface area contributed by atoms with E-state index in [4.69, 9.17) is 0 Å². The van der Waals surface area contributed by atoms with Gasteiger partial charge in [0, 0.05) is 20.2 Å². The third kappa shape index (κ3) is 2.18. The van der Waals surface area contributed by atoms with Crippen LogP contribution < -0.4 is 4.90 Å². The number of anilines is 1. The average molecular weight is 201 g/mol. The summed E-state index contributed by atoms with van der Waals surface area (Å²) >= 11 is 0. The van der Waals surface area contributed by atoms with Gasteiger partial charge in [0.05, 0.1) is 12.7 Å². The maximum atomic E-state index is 4.31. The molecule has 3 nitrogen and oxygen atoms in total. The number of hydrogen-bond acceptors (Lipinski definition) is 2. The first kappa shape index (κ1) is 9.77. The molecule has 0 saturated heterocycles. The second kappa shape index (κ2) is 4.17. The molecule has 0 saturated carbocycles. The molecular weight excluding hydrogens is 186 g/mol. The summed E-state index contributed by atoms with van der Waals surface area (Å²) in [6.07, 6.45) is 1.83. The lowest BCUT2D eigenvalue weighted by Gasteiger charge is -2.14. The molecule has 0 atom stereocenters. The maximum absolute atomic E-state index is 4.31. The van der Waals surface area contributed by atoms with Crippen LogP contribution in [0.1, 0.15) is 5.56 Å². The summed E-state index contributed by atoms with van der Waals surface area (Å²) in [5.74, 6) is 1.12. The Morgan fingerprint density at radius 3 is 2.53 bits per heavy atom. The quantitative estimate of drug-likeness (QED) is 0.757. The highest BCUT2D eigenvalue weighted by Gasteiger charge is 2.03. The highest BCUT2D eigenvalue weighted by atomic mass is 15.4. The molecule has 15 heavy (non-hydrogen) atoms. The molecule has 0 aliphatic rings. The number of nitrogens with zero attached hydrogens (tertiary/aromatic N) is 3. The van der Waals surface area contributed by atoms with Gasteiger partial charge in [-0.15, -0.1) is 0 Å². The van der Waals surface area contributed by atoms with E-state index in [9.17, 15) is 0 Å². The molecule has 0 amide bonds. The lowest BCUT2D eigenvalue weighted by molar-refractivity contribution is 0.680. The summed E-state index contributed by atoms with van der Waals surface area (Å²) < 4.78 is 2.00. The van der Waals surface area contributed by atoms with Gasteiger partial charge in [-0.25, -0.2) is 4.68 Å². The van der Waals surface area contributed by atoms with Gasteiger partial charge < -0.3 is 4.90 Å². The number of aromatic nitrogens is 2. The Kier molecular flexibility index (Phi) is 2.72. The molecule has 0 aliphatic carbocycles. The largest absolute Gasteiger partial charge is 0.363 e. The molecular formula is C12H15N3. The molecule has 0 bridgehead atoms. The Labute approximate surface area is 90.0 Å². The van der Waals surface area contributed by atoms with Gasteiger partial charge in [-0.2, -0.15) is 5.10 Å². The second-order valence-electron chi connectivity index (χ2n) is 3.73. The normalized spacial score (nSPS) is 10.3. The van der Waals surface area contributed by atoms with E-state index < -0.39 is 0 Å². The van der Waals surface area contributed by atoms with Gasteiger partial charge in [0.15, 0.2) is 0 Å². The maximum Gasteiger partial charge on any atom is 0.126 e. The van der Waals surface area contributed by atoms with Crippen LogP contribution in [0.15, 0.2) is 42.6 Å². The van der Waals surface area contributed by atoms with Crippen LogP contribution in [0.3, 0.4) is 0 Å². The molecule has 3 heteroatoms. The van der Waals surface area contributed by atoms with Crippen molar-refractivity contribution in [2.75, 3.05) is 19.0 Å². The highest BCUT2D eigenvalue weighted by Crippen LogP contribution is 2.12. The monoisotopic (exact) mass is 201 g/mol. The van der Waals surface area contributed by atoms with Crippen LogP contribution in [0.4, 0.5) is 5.82 Å². The van der Waals surface area contributed by atoms with Crippen molar-refractivity contribution in [1.29, 1.82) is 0 Å². The standard InChI is InChI=1S/C12H15N3/c1-14(2)12-8-9-13-15(12)10-11-6-4-3-5-7-11/h3-9H,10H2,1-2H3. The average Bonchev–Trinajstić information content (AvgIpc) is 2.67. The third-order valence-corrected chi connectivity index (χ3v) is 2.33. The SMILES string of the molecule is CN(C)c1ccnn1Cc1ccccc1. The van der Waals surface area contributed by atoms with Gasteiger partial charge in [-0.3, -0.25) is 0 Å². The van der Waals surface area contributed by atoms with Crippen molar-refractivity contribution in [3.05, 3.63) is 48.2 Å². The van der Waals surface area contributed by atoms with Crippen molar-refractivity contribution >= 4 is 5.82 Å². The van der Waals surface area contributed by atoms with Gasteiger partial charge in [0.1, 0.15) is 5.82 Å². The predicted octanol–water partition coefficient (Wildman–Crippen LogP) is 2.00. The Morgan fingerprint density at radius 2 is 1.87 bits per heavy atom. The molecule has 78 valence electrons. The van der Waals surface area contributed by atoms with Gasteiger partial charge in [0.25, 0.3) is 0 Å². The first-order chi connectivity index (χ1) is 7.27. The van der Waals surface area contributed by atoms with Crippen LogP contribution in [-0.4, -0.2) is 23.9 Å². The Morgan fingerprint density at radius 1 is 1.13 bits per heavy atom. The summed E-state index contributed by atoms with van der Waals surface area (Å²) in [7, 11) is 4.05. The molecule has 1 aromatic heterocycles. The third-order valence-electron chi connectivity index (χ3n) is 2.33. The minimum atomic E-state index is 0.821. The first-order valence-corrected chi connectivity index (χ1v) is 5.00. The van der Waals surface area contributed by atoms with E-state index in [0.29, 0.717) is 0 Å². The molecule has 1 aromatic carbocycles. The molecule has 0 fully saturated rings. The molecule has 2 aromatic rings. The highest BCUT2D eigenvalue weighted by molar-refractivity contribution is 5.36. The molecule has 0 unspecified atom stereocenters.